The Labute approximate surface area is 127 Å². The van der Waals surface area contributed by atoms with Crippen LogP contribution >= 0.6 is 0 Å². The molecule has 0 aliphatic carbocycles. The number of amides is 1. The van der Waals surface area contributed by atoms with E-state index in [1.165, 1.54) is 12.8 Å². The van der Waals surface area contributed by atoms with Gasteiger partial charge in [0.25, 0.3) is 0 Å². The van der Waals surface area contributed by atoms with Crippen LogP contribution in [0.25, 0.3) is 0 Å². The number of carbonyl (C=O) groups is 1. The van der Waals surface area contributed by atoms with Gasteiger partial charge < -0.3 is 10.6 Å². The number of piperidine rings is 1. The van der Waals surface area contributed by atoms with E-state index in [1.54, 1.807) is 0 Å². The summed E-state index contributed by atoms with van der Waals surface area (Å²) in [7, 11) is 0. The molecule has 114 valence electrons. The third-order valence-corrected chi connectivity index (χ3v) is 4.99. The lowest BCUT2D eigenvalue weighted by atomic mass is 9.88. The minimum absolute atomic E-state index is 0.190. The van der Waals surface area contributed by atoms with Crippen LogP contribution in [0.5, 0.6) is 0 Å². The summed E-state index contributed by atoms with van der Waals surface area (Å²) in [6.07, 6.45) is 5.58. The molecule has 1 aromatic carbocycles. The number of hydrogen-bond acceptors (Lipinski definition) is 2. The van der Waals surface area contributed by atoms with Gasteiger partial charge in [-0.1, -0.05) is 30.3 Å². The van der Waals surface area contributed by atoms with Crippen molar-refractivity contribution >= 4 is 5.91 Å². The second kappa shape index (κ2) is 5.80. The van der Waals surface area contributed by atoms with Gasteiger partial charge in [0.2, 0.25) is 5.91 Å². The summed E-state index contributed by atoms with van der Waals surface area (Å²) in [5.74, 6) is 0.741. The SMILES string of the molecule is CC(C)(NC(=O)CC1CC2CCC(C1)N2)c1ccccc1. The molecule has 2 aliphatic rings. The Balaban J connectivity index is 1.56. The summed E-state index contributed by atoms with van der Waals surface area (Å²) in [5.41, 5.74) is 0.855. The fourth-order valence-electron chi connectivity index (χ4n) is 3.93. The molecule has 2 fully saturated rings. The molecule has 2 N–H and O–H groups in total. The standard InChI is InChI=1S/C18H26N2O/c1-18(2,14-6-4-3-5-7-14)20-17(21)12-13-10-15-8-9-16(11-13)19-15/h3-7,13,15-16,19H,8-12H2,1-2H3,(H,20,21). The molecule has 2 bridgehead atoms. The van der Waals surface area contributed by atoms with Crippen molar-refractivity contribution in [3.8, 4) is 0 Å². The zero-order valence-corrected chi connectivity index (χ0v) is 13.1. The highest BCUT2D eigenvalue weighted by molar-refractivity contribution is 5.77. The van der Waals surface area contributed by atoms with Gasteiger partial charge in [-0.2, -0.15) is 0 Å². The second-order valence-corrected chi connectivity index (χ2v) is 7.22. The van der Waals surface area contributed by atoms with Gasteiger partial charge in [0.15, 0.2) is 0 Å². The van der Waals surface area contributed by atoms with Crippen LogP contribution in [0.3, 0.4) is 0 Å². The predicted molar refractivity (Wildman–Crippen MR) is 84.9 cm³/mol. The van der Waals surface area contributed by atoms with Gasteiger partial charge in [0.1, 0.15) is 0 Å². The molecule has 1 aromatic rings. The number of carbonyl (C=O) groups excluding carboxylic acids is 1. The minimum Gasteiger partial charge on any atom is -0.347 e. The lowest BCUT2D eigenvalue weighted by molar-refractivity contribution is -0.124. The molecule has 2 heterocycles. The highest BCUT2D eigenvalue weighted by Gasteiger charge is 2.34. The van der Waals surface area contributed by atoms with Crippen LogP contribution in [0.15, 0.2) is 30.3 Å². The first-order chi connectivity index (χ1) is 10.0. The summed E-state index contributed by atoms with van der Waals surface area (Å²) in [5, 5.41) is 6.85. The van der Waals surface area contributed by atoms with Crippen LogP contribution in [0, 0.1) is 5.92 Å². The molecule has 21 heavy (non-hydrogen) atoms. The Kier molecular flexibility index (Phi) is 4.03. The number of fused-ring (bicyclic) bond motifs is 2. The fraction of sp³-hybridized carbons (Fsp3) is 0.611. The van der Waals surface area contributed by atoms with Crippen molar-refractivity contribution in [2.24, 2.45) is 5.92 Å². The third kappa shape index (κ3) is 3.46. The molecule has 0 saturated carbocycles. The van der Waals surface area contributed by atoms with Crippen molar-refractivity contribution in [2.75, 3.05) is 0 Å². The summed E-state index contributed by atoms with van der Waals surface area (Å²) >= 11 is 0. The maximum atomic E-state index is 12.4. The maximum Gasteiger partial charge on any atom is 0.220 e. The Hall–Kier alpha value is -1.35. The molecule has 1 amide bonds. The summed E-state index contributed by atoms with van der Waals surface area (Å²) in [6.45, 7) is 4.15. The van der Waals surface area contributed by atoms with Crippen molar-refractivity contribution in [1.29, 1.82) is 0 Å². The van der Waals surface area contributed by atoms with E-state index in [1.807, 2.05) is 18.2 Å². The number of nitrogens with one attached hydrogen (secondary N) is 2. The fourth-order valence-corrected chi connectivity index (χ4v) is 3.93. The van der Waals surface area contributed by atoms with Crippen molar-refractivity contribution in [3.05, 3.63) is 35.9 Å². The minimum atomic E-state index is -0.301. The summed E-state index contributed by atoms with van der Waals surface area (Å²) in [4.78, 5) is 12.4. The van der Waals surface area contributed by atoms with Gasteiger partial charge in [0, 0.05) is 18.5 Å². The first kappa shape index (κ1) is 14.6. The van der Waals surface area contributed by atoms with E-state index >= 15 is 0 Å². The van der Waals surface area contributed by atoms with Crippen molar-refractivity contribution in [3.63, 3.8) is 0 Å². The third-order valence-electron chi connectivity index (χ3n) is 4.99. The molecule has 3 rings (SSSR count). The quantitative estimate of drug-likeness (QED) is 0.893. The van der Waals surface area contributed by atoms with Gasteiger partial charge >= 0.3 is 0 Å². The lowest BCUT2D eigenvalue weighted by Crippen LogP contribution is -2.44. The largest absolute Gasteiger partial charge is 0.347 e. The van der Waals surface area contributed by atoms with E-state index in [0.29, 0.717) is 24.4 Å². The molecular weight excluding hydrogens is 260 g/mol. The van der Waals surface area contributed by atoms with Gasteiger partial charge in [-0.15, -0.1) is 0 Å². The molecule has 0 radical (unpaired) electrons. The number of hydrogen-bond donors (Lipinski definition) is 2. The van der Waals surface area contributed by atoms with E-state index in [0.717, 1.165) is 18.4 Å². The molecule has 2 saturated heterocycles. The maximum absolute atomic E-state index is 12.4. The van der Waals surface area contributed by atoms with Crippen molar-refractivity contribution < 1.29 is 4.79 Å². The monoisotopic (exact) mass is 286 g/mol. The number of rotatable bonds is 4. The van der Waals surface area contributed by atoms with Gasteiger partial charge in [-0.05, 0) is 51.0 Å². The molecule has 3 heteroatoms. The van der Waals surface area contributed by atoms with E-state index in [2.05, 4.69) is 36.6 Å². The zero-order chi connectivity index (χ0) is 14.9. The molecule has 2 aliphatic heterocycles. The smallest absolute Gasteiger partial charge is 0.220 e. The van der Waals surface area contributed by atoms with E-state index < -0.39 is 0 Å². The molecule has 2 atom stereocenters. The van der Waals surface area contributed by atoms with Crippen LogP contribution in [0.1, 0.15) is 51.5 Å². The molecule has 0 spiro atoms. The zero-order valence-electron chi connectivity index (χ0n) is 13.1. The second-order valence-electron chi connectivity index (χ2n) is 7.22. The van der Waals surface area contributed by atoms with Crippen LogP contribution in [0.2, 0.25) is 0 Å². The van der Waals surface area contributed by atoms with E-state index in [-0.39, 0.29) is 11.4 Å². The summed E-state index contributed by atoms with van der Waals surface area (Å²) in [6, 6.07) is 11.5. The van der Waals surface area contributed by atoms with Crippen LogP contribution in [0.4, 0.5) is 0 Å². The van der Waals surface area contributed by atoms with Gasteiger partial charge in [-0.25, -0.2) is 0 Å². The lowest BCUT2D eigenvalue weighted by Gasteiger charge is -2.31. The van der Waals surface area contributed by atoms with E-state index in [4.69, 9.17) is 0 Å². The first-order valence-electron chi connectivity index (χ1n) is 8.15. The summed E-state index contributed by atoms with van der Waals surface area (Å²) < 4.78 is 0. The van der Waals surface area contributed by atoms with Crippen molar-refractivity contribution in [2.45, 2.75) is 63.6 Å². The van der Waals surface area contributed by atoms with Gasteiger partial charge in [-0.3, -0.25) is 4.79 Å². The first-order valence-corrected chi connectivity index (χ1v) is 8.15. The Morgan fingerprint density at radius 2 is 1.81 bits per heavy atom. The average molecular weight is 286 g/mol. The van der Waals surface area contributed by atoms with Crippen molar-refractivity contribution in [1.82, 2.24) is 10.6 Å². The topological polar surface area (TPSA) is 41.1 Å². The van der Waals surface area contributed by atoms with E-state index in [9.17, 15) is 4.79 Å². The highest BCUT2D eigenvalue weighted by atomic mass is 16.1. The number of benzene rings is 1. The Bertz CT molecular complexity index is 485. The normalized spacial score (nSPS) is 28.4. The predicted octanol–water partition coefficient (Wildman–Crippen LogP) is 2.96. The Morgan fingerprint density at radius 1 is 1.19 bits per heavy atom. The molecule has 2 unspecified atom stereocenters. The molecular formula is C18H26N2O. The average Bonchev–Trinajstić information content (AvgIpc) is 2.78. The molecule has 3 nitrogen and oxygen atoms in total. The van der Waals surface area contributed by atoms with Crippen LogP contribution in [-0.4, -0.2) is 18.0 Å². The Morgan fingerprint density at radius 3 is 2.43 bits per heavy atom. The van der Waals surface area contributed by atoms with Gasteiger partial charge in [0.05, 0.1) is 5.54 Å². The van der Waals surface area contributed by atoms with Crippen LogP contribution < -0.4 is 10.6 Å². The highest BCUT2D eigenvalue weighted by Crippen LogP contribution is 2.33. The molecule has 0 aromatic heterocycles. The van der Waals surface area contributed by atoms with Crippen LogP contribution in [-0.2, 0) is 10.3 Å².